The van der Waals surface area contributed by atoms with E-state index in [0.29, 0.717) is 0 Å². The van der Waals surface area contributed by atoms with Crippen LogP contribution in [0.15, 0.2) is 0 Å². The Balaban J connectivity index is 3.87. The molecule has 0 aromatic heterocycles. The van der Waals surface area contributed by atoms with Gasteiger partial charge in [-0.05, 0) is 6.92 Å². The van der Waals surface area contributed by atoms with Gasteiger partial charge in [-0.2, -0.15) is 0 Å². The Kier molecular flexibility index (Phi) is 6.33. The third kappa shape index (κ3) is 7.58. The summed E-state index contributed by atoms with van der Waals surface area (Å²) in [5.41, 5.74) is 0. The van der Waals surface area contributed by atoms with Crippen LogP contribution in [0.5, 0.6) is 0 Å². The van der Waals surface area contributed by atoms with Crippen molar-refractivity contribution in [3.8, 4) is 0 Å². The molecule has 0 saturated heterocycles. The summed E-state index contributed by atoms with van der Waals surface area (Å²) in [5.74, 6) is 0. The van der Waals surface area contributed by atoms with Gasteiger partial charge in [-0.1, -0.05) is 11.8 Å². The average molecular weight is 225 g/mol. The fourth-order valence-electron chi connectivity index (χ4n) is 0.429. The van der Waals surface area contributed by atoms with Crippen LogP contribution in [0.2, 0.25) is 0 Å². The van der Waals surface area contributed by atoms with Gasteiger partial charge in [0.1, 0.15) is 14.6 Å². The van der Waals surface area contributed by atoms with Gasteiger partial charge in [-0.15, -0.1) is 0 Å². The van der Waals surface area contributed by atoms with E-state index in [-0.39, 0.29) is 6.61 Å². The van der Waals surface area contributed by atoms with Crippen LogP contribution in [-0.4, -0.2) is 43.4 Å². The predicted octanol–water partition coefficient (Wildman–Crippen LogP) is -1.53. The summed E-state index contributed by atoms with van der Waals surface area (Å²) in [6, 6.07) is -1.13. The molecule has 0 amide bonds. The van der Waals surface area contributed by atoms with Crippen molar-refractivity contribution in [1.29, 1.82) is 0 Å². The van der Waals surface area contributed by atoms with E-state index in [0.717, 1.165) is 0 Å². The lowest BCUT2D eigenvalue weighted by atomic mass is 10.0. The van der Waals surface area contributed by atoms with E-state index in [1.54, 1.807) is 0 Å². The summed E-state index contributed by atoms with van der Waals surface area (Å²) < 4.78 is 9.07. The molecule has 2 radical (unpaired) electrons. The van der Waals surface area contributed by atoms with Crippen LogP contribution in [0.3, 0.4) is 0 Å². The van der Waals surface area contributed by atoms with Gasteiger partial charge in [0.2, 0.25) is 0 Å². The monoisotopic (exact) mass is 225 g/mol. The van der Waals surface area contributed by atoms with E-state index >= 15 is 0 Å². The van der Waals surface area contributed by atoms with Crippen molar-refractivity contribution < 1.29 is 24.2 Å². The van der Waals surface area contributed by atoms with E-state index in [1.165, 1.54) is 6.92 Å². The quantitative estimate of drug-likeness (QED) is 0.421. The van der Waals surface area contributed by atoms with Crippen LogP contribution in [-0.2, 0) is 20.9 Å². The molecule has 3 atom stereocenters. The Morgan fingerprint density at radius 2 is 2.23 bits per heavy atom. The summed E-state index contributed by atoms with van der Waals surface area (Å²) in [7, 11) is 5.11. The van der Waals surface area contributed by atoms with Crippen molar-refractivity contribution >= 4 is 26.4 Å². The predicted molar refractivity (Wildman–Crippen MR) is 49.6 cm³/mol. The normalized spacial score (nSPS) is 20.6. The third-order valence-corrected chi connectivity index (χ3v) is 2.49. The number of hydrogen-bond acceptors (Lipinski definition) is 6. The standard InChI is InChI=1S/C5H12BO5PS/c1-4(8)3-10-12(9,13)11-5(6)2-7/h4-5,7-8H,2-3H2,1H3,(H,9,13)/p-1. The van der Waals surface area contributed by atoms with Crippen molar-refractivity contribution in [3.05, 3.63) is 0 Å². The number of rotatable bonds is 6. The molecule has 0 aliphatic carbocycles. The van der Waals surface area contributed by atoms with Gasteiger partial charge in [0.05, 0.1) is 19.3 Å². The highest BCUT2D eigenvalue weighted by atomic mass is 32.5. The van der Waals surface area contributed by atoms with Crippen LogP contribution in [0.1, 0.15) is 6.92 Å². The molecular formula is C5H11BO5PS-. The van der Waals surface area contributed by atoms with Crippen LogP contribution >= 0.6 is 6.72 Å². The van der Waals surface area contributed by atoms with Crippen molar-refractivity contribution in [1.82, 2.24) is 0 Å². The zero-order valence-electron chi connectivity index (χ0n) is 7.12. The first-order valence-corrected chi connectivity index (χ1v) is 6.11. The van der Waals surface area contributed by atoms with Gasteiger partial charge in [-0.25, -0.2) is 0 Å². The molecule has 0 aliphatic rings. The topological polar surface area (TPSA) is 82.0 Å². The first kappa shape index (κ1) is 13.5. The minimum atomic E-state index is -3.68. The molecule has 0 bridgehead atoms. The lowest BCUT2D eigenvalue weighted by molar-refractivity contribution is -0.210. The minimum Gasteiger partial charge on any atom is -0.780 e. The highest BCUT2D eigenvalue weighted by Crippen LogP contribution is 2.39. The molecule has 13 heavy (non-hydrogen) atoms. The van der Waals surface area contributed by atoms with Crippen molar-refractivity contribution in [2.75, 3.05) is 13.2 Å². The van der Waals surface area contributed by atoms with Gasteiger partial charge in [0, 0.05) is 6.00 Å². The second kappa shape index (κ2) is 6.08. The Morgan fingerprint density at radius 3 is 2.62 bits per heavy atom. The molecule has 0 saturated carbocycles. The van der Waals surface area contributed by atoms with E-state index in [9.17, 15) is 4.89 Å². The minimum absolute atomic E-state index is 0.196. The van der Waals surface area contributed by atoms with Crippen molar-refractivity contribution in [2.24, 2.45) is 0 Å². The lowest BCUT2D eigenvalue weighted by Crippen LogP contribution is -2.22. The molecule has 0 spiro atoms. The van der Waals surface area contributed by atoms with Crippen LogP contribution in [0.4, 0.5) is 0 Å². The highest BCUT2D eigenvalue weighted by molar-refractivity contribution is 8.06. The average Bonchev–Trinajstić information content (AvgIpc) is 2.00. The fourth-order valence-corrected chi connectivity index (χ4v) is 1.80. The van der Waals surface area contributed by atoms with E-state index < -0.39 is 25.4 Å². The van der Waals surface area contributed by atoms with Crippen molar-refractivity contribution in [3.63, 3.8) is 0 Å². The number of aliphatic hydroxyl groups excluding tert-OH is 2. The van der Waals surface area contributed by atoms with Gasteiger partial charge in [0.15, 0.2) is 0 Å². The Hall–Kier alpha value is 0.515. The van der Waals surface area contributed by atoms with E-state index in [1.807, 2.05) is 0 Å². The van der Waals surface area contributed by atoms with Crippen LogP contribution < -0.4 is 4.89 Å². The summed E-state index contributed by atoms with van der Waals surface area (Å²) in [6.07, 6.45) is -0.787. The van der Waals surface area contributed by atoms with Gasteiger partial charge >= 0.3 is 0 Å². The second-order valence-corrected chi connectivity index (χ2v) is 5.12. The zero-order valence-corrected chi connectivity index (χ0v) is 8.83. The summed E-state index contributed by atoms with van der Waals surface area (Å²) in [4.78, 5) is 11.2. The molecule has 0 rings (SSSR count). The molecule has 0 heterocycles. The van der Waals surface area contributed by atoms with E-state index in [2.05, 4.69) is 20.9 Å². The molecule has 2 N–H and O–H groups in total. The first-order chi connectivity index (χ1) is 5.87. The molecule has 3 unspecified atom stereocenters. The van der Waals surface area contributed by atoms with Crippen LogP contribution in [0.25, 0.3) is 0 Å². The van der Waals surface area contributed by atoms with E-state index in [4.69, 9.17) is 18.1 Å². The molecule has 5 nitrogen and oxygen atoms in total. The maximum atomic E-state index is 11.2. The lowest BCUT2D eigenvalue weighted by Gasteiger charge is -2.30. The largest absolute Gasteiger partial charge is 0.780 e. The smallest absolute Gasteiger partial charge is 0.115 e. The Bertz CT molecular complexity index is 190. The SMILES string of the molecule is [B]C(CO)OP([O-])(=S)OCC(C)O. The molecule has 8 heteroatoms. The van der Waals surface area contributed by atoms with Crippen LogP contribution in [0, 0.1) is 0 Å². The molecule has 0 fully saturated rings. The zero-order chi connectivity index (χ0) is 10.5. The Morgan fingerprint density at radius 1 is 1.69 bits per heavy atom. The fraction of sp³-hybridized carbons (Fsp3) is 1.00. The molecule has 76 valence electrons. The summed E-state index contributed by atoms with van der Waals surface area (Å²) >= 11 is 4.41. The number of hydrogen-bond donors (Lipinski definition) is 2. The Labute approximate surface area is 83.3 Å². The van der Waals surface area contributed by atoms with Gasteiger partial charge < -0.3 is 24.2 Å². The molecule has 0 aromatic rings. The molecular weight excluding hydrogens is 214 g/mol. The summed E-state index contributed by atoms with van der Waals surface area (Å²) in [5, 5.41) is 17.2. The summed E-state index contributed by atoms with van der Waals surface area (Å²) in [6.45, 7) is -2.93. The van der Waals surface area contributed by atoms with Gasteiger partial charge in [-0.3, -0.25) is 0 Å². The first-order valence-electron chi connectivity index (χ1n) is 3.56. The second-order valence-electron chi connectivity index (χ2n) is 2.42. The third-order valence-electron chi connectivity index (χ3n) is 0.918. The van der Waals surface area contributed by atoms with Crippen molar-refractivity contribution in [2.45, 2.75) is 19.0 Å². The molecule has 0 aliphatic heterocycles. The highest BCUT2D eigenvalue weighted by Gasteiger charge is 2.10. The maximum absolute atomic E-state index is 11.2. The number of aliphatic hydroxyl groups is 2. The van der Waals surface area contributed by atoms with Gasteiger partial charge in [0.25, 0.3) is 0 Å². The molecule has 0 aromatic carbocycles. The maximum Gasteiger partial charge on any atom is 0.115 e.